The lowest BCUT2D eigenvalue weighted by Gasteiger charge is -2.22. The molecule has 0 amide bonds. The normalized spacial score (nSPS) is 11.8. The molecule has 0 aliphatic heterocycles. The number of hydrogen-bond acceptors (Lipinski definition) is 5. The third-order valence-electron chi connectivity index (χ3n) is 7.08. The van der Waals surface area contributed by atoms with Crippen molar-refractivity contribution in [2.24, 2.45) is 0 Å². The molecule has 5 nitrogen and oxygen atoms in total. The maximum Gasteiger partial charge on any atom is 0.139 e. The van der Waals surface area contributed by atoms with E-state index < -0.39 is 0 Å². The minimum absolute atomic E-state index is 0.699. The van der Waals surface area contributed by atoms with Gasteiger partial charge in [0.1, 0.15) is 35.9 Å². The van der Waals surface area contributed by atoms with Gasteiger partial charge in [-0.05, 0) is 82.2 Å². The van der Waals surface area contributed by atoms with Gasteiger partial charge < -0.3 is 13.9 Å². The highest BCUT2D eigenvalue weighted by Gasteiger charge is 2.11. The van der Waals surface area contributed by atoms with Gasteiger partial charge in [0.15, 0.2) is 0 Å². The van der Waals surface area contributed by atoms with Gasteiger partial charge >= 0.3 is 0 Å². The highest BCUT2D eigenvalue weighted by atomic mass is 16.5. The number of nitrogens with zero attached hydrogens (tertiary/aromatic N) is 2. The van der Waals surface area contributed by atoms with Gasteiger partial charge in [-0.2, -0.15) is 0 Å². The van der Waals surface area contributed by atoms with Gasteiger partial charge in [-0.3, -0.25) is 9.80 Å². The number of furan rings is 1. The second-order valence-corrected chi connectivity index (χ2v) is 10.2. The summed E-state index contributed by atoms with van der Waals surface area (Å²) in [5.41, 5.74) is 1.75. The number of benzene rings is 2. The van der Waals surface area contributed by atoms with Gasteiger partial charge in [0.2, 0.25) is 0 Å². The molecule has 5 heteroatoms. The topological polar surface area (TPSA) is 38.1 Å². The lowest BCUT2D eigenvalue weighted by molar-refractivity contribution is 0.204. The summed E-state index contributed by atoms with van der Waals surface area (Å²) in [6, 6.07) is 12.4. The molecule has 1 aromatic heterocycles. The van der Waals surface area contributed by atoms with Crippen LogP contribution in [0.3, 0.4) is 0 Å². The van der Waals surface area contributed by atoms with Crippen molar-refractivity contribution in [3.8, 4) is 11.5 Å². The molecule has 206 valence electrons. The Bertz CT molecular complexity index is 1020. The minimum Gasteiger partial charge on any atom is -0.492 e. The highest BCUT2D eigenvalue weighted by molar-refractivity contribution is 6.05. The van der Waals surface area contributed by atoms with E-state index in [9.17, 15) is 0 Å². The second-order valence-electron chi connectivity index (χ2n) is 10.2. The predicted octanol–water partition coefficient (Wildman–Crippen LogP) is 8.15. The fourth-order valence-electron chi connectivity index (χ4n) is 4.70. The lowest BCUT2D eigenvalue weighted by atomic mass is 10.1. The van der Waals surface area contributed by atoms with Crippen LogP contribution < -0.4 is 9.47 Å². The summed E-state index contributed by atoms with van der Waals surface area (Å²) >= 11 is 0. The van der Waals surface area contributed by atoms with Crippen LogP contribution in [0.2, 0.25) is 0 Å². The quantitative estimate of drug-likeness (QED) is 0.153. The molecular formula is C32H50N2O3. The molecule has 0 radical (unpaired) electrons. The zero-order valence-corrected chi connectivity index (χ0v) is 23.9. The summed E-state index contributed by atoms with van der Waals surface area (Å²) in [4.78, 5) is 5.06. The molecule has 0 saturated carbocycles. The third-order valence-corrected chi connectivity index (χ3v) is 7.08. The molecule has 0 spiro atoms. The average Bonchev–Trinajstić information content (AvgIpc) is 3.28. The Morgan fingerprint density at radius 1 is 0.541 bits per heavy atom. The zero-order valence-electron chi connectivity index (χ0n) is 23.9. The van der Waals surface area contributed by atoms with E-state index in [0.29, 0.717) is 13.2 Å². The molecule has 0 aliphatic carbocycles. The molecule has 0 bridgehead atoms. The fraction of sp³-hybridized carbons (Fsp3) is 0.625. The first-order valence-electron chi connectivity index (χ1n) is 14.8. The maximum atomic E-state index is 6.17. The SMILES string of the molecule is CCCCN(CCCC)CCOc1ccc2c(c1)oc1ccc(OCCN(CCCC)CCCC)cc12. The molecule has 37 heavy (non-hydrogen) atoms. The average molecular weight is 511 g/mol. The van der Waals surface area contributed by atoms with Crippen LogP contribution in [-0.2, 0) is 0 Å². The van der Waals surface area contributed by atoms with E-state index in [4.69, 9.17) is 13.9 Å². The minimum atomic E-state index is 0.699. The van der Waals surface area contributed by atoms with E-state index >= 15 is 0 Å². The van der Waals surface area contributed by atoms with Gasteiger partial charge in [0, 0.05) is 29.9 Å². The molecule has 1 heterocycles. The number of ether oxygens (including phenoxy) is 2. The highest BCUT2D eigenvalue weighted by Crippen LogP contribution is 2.33. The Labute approximate surface area is 225 Å². The van der Waals surface area contributed by atoms with Crippen LogP contribution in [0.25, 0.3) is 21.9 Å². The fourth-order valence-corrected chi connectivity index (χ4v) is 4.70. The van der Waals surface area contributed by atoms with Crippen LogP contribution in [0.5, 0.6) is 11.5 Å². The van der Waals surface area contributed by atoms with Crippen LogP contribution >= 0.6 is 0 Å². The second kappa shape index (κ2) is 16.6. The Kier molecular flexibility index (Phi) is 13.1. The van der Waals surface area contributed by atoms with E-state index in [1.54, 1.807) is 0 Å². The van der Waals surface area contributed by atoms with Crippen molar-refractivity contribution in [3.63, 3.8) is 0 Å². The molecule has 3 rings (SSSR count). The number of unbranched alkanes of at least 4 members (excludes halogenated alkanes) is 4. The lowest BCUT2D eigenvalue weighted by Crippen LogP contribution is -2.30. The Hall–Kier alpha value is -2.24. The molecule has 3 aromatic rings. The van der Waals surface area contributed by atoms with Crippen LogP contribution in [-0.4, -0.2) is 62.3 Å². The Morgan fingerprint density at radius 2 is 1.03 bits per heavy atom. The Balaban J connectivity index is 1.58. The van der Waals surface area contributed by atoms with Crippen molar-refractivity contribution >= 4 is 21.9 Å². The summed E-state index contributed by atoms with van der Waals surface area (Å²) in [5, 5.41) is 2.20. The van der Waals surface area contributed by atoms with E-state index in [1.807, 2.05) is 18.2 Å². The summed E-state index contributed by atoms with van der Waals surface area (Å²) < 4.78 is 18.4. The van der Waals surface area contributed by atoms with Crippen LogP contribution in [0.4, 0.5) is 0 Å². The smallest absolute Gasteiger partial charge is 0.139 e. The monoisotopic (exact) mass is 510 g/mol. The maximum absolute atomic E-state index is 6.17. The first-order valence-corrected chi connectivity index (χ1v) is 14.8. The molecule has 0 aliphatic rings. The molecule has 0 fully saturated rings. The summed E-state index contributed by atoms with van der Waals surface area (Å²) in [5.74, 6) is 1.77. The third kappa shape index (κ3) is 9.54. The first-order chi connectivity index (χ1) is 18.2. The van der Waals surface area contributed by atoms with Crippen molar-refractivity contribution in [1.82, 2.24) is 9.80 Å². The summed E-state index contributed by atoms with van der Waals surface area (Å²) in [6.07, 6.45) is 9.92. The van der Waals surface area contributed by atoms with Crippen molar-refractivity contribution in [2.75, 3.05) is 52.5 Å². The van der Waals surface area contributed by atoms with Gasteiger partial charge in [-0.1, -0.05) is 53.4 Å². The Morgan fingerprint density at radius 3 is 1.54 bits per heavy atom. The van der Waals surface area contributed by atoms with Gasteiger partial charge in [0.05, 0.1) is 0 Å². The largest absolute Gasteiger partial charge is 0.492 e. The van der Waals surface area contributed by atoms with Gasteiger partial charge in [-0.15, -0.1) is 0 Å². The standard InChI is InChI=1S/C32H50N2O3/c1-5-9-17-33(18-10-6-2)21-23-35-27-14-16-31-30(25-27)29-15-13-28(26-32(29)37-31)36-24-22-34(19-11-7-3)20-12-8-4/h13-16,25-26H,5-12,17-24H2,1-4H3. The molecule has 0 unspecified atom stereocenters. The molecule has 0 N–H and O–H groups in total. The van der Waals surface area contributed by atoms with Crippen molar-refractivity contribution < 1.29 is 13.9 Å². The van der Waals surface area contributed by atoms with E-state index in [1.165, 1.54) is 51.4 Å². The molecular weight excluding hydrogens is 460 g/mol. The van der Waals surface area contributed by atoms with E-state index in [-0.39, 0.29) is 0 Å². The van der Waals surface area contributed by atoms with Gasteiger partial charge in [0.25, 0.3) is 0 Å². The number of rotatable bonds is 20. The van der Waals surface area contributed by atoms with E-state index in [0.717, 1.165) is 72.7 Å². The number of fused-ring (bicyclic) bond motifs is 3. The summed E-state index contributed by atoms with van der Waals surface area (Å²) in [6.45, 7) is 17.0. The molecule has 0 atom stereocenters. The zero-order chi connectivity index (χ0) is 26.3. The van der Waals surface area contributed by atoms with E-state index in [2.05, 4.69) is 55.7 Å². The molecule has 2 aromatic carbocycles. The first kappa shape index (κ1) is 29.3. The summed E-state index contributed by atoms with van der Waals surface area (Å²) in [7, 11) is 0. The van der Waals surface area contributed by atoms with Crippen LogP contribution in [0.1, 0.15) is 79.1 Å². The van der Waals surface area contributed by atoms with Crippen LogP contribution in [0, 0.1) is 0 Å². The van der Waals surface area contributed by atoms with Crippen molar-refractivity contribution in [1.29, 1.82) is 0 Å². The molecule has 0 saturated heterocycles. The van der Waals surface area contributed by atoms with Crippen LogP contribution in [0.15, 0.2) is 40.8 Å². The van der Waals surface area contributed by atoms with Crippen molar-refractivity contribution in [3.05, 3.63) is 36.4 Å². The van der Waals surface area contributed by atoms with Crippen molar-refractivity contribution in [2.45, 2.75) is 79.1 Å². The van der Waals surface area contributed by atoms with Gasteiger partial charge in [-0.25, -0.2) is 0 Å². The number of hydrogen-bond donors (Lipinski definition) is 0. The predicted molar refractivity (Wildman–Crippen MR) is 157 cm³/mol.